The molecule has 0 saturated heterocycles. The number of amides is 1. The van der Waals surface area contributed by atoms with Gasteiger partial charge >= 0.3 is 5.97 Å². The van der Waals surface area contributed by atoms with Crippen LogP contribution in [0.15, 0.2) is 0 Å². The third-order valence-electron chi connectivity index (χ3n) is 2.03. The lowest BCUT2D eigenvalue weighted by Gasteiger charge is -2.18. The van der Waals surface area contributed by atoms with E-state index in [1.54, 1.807) is 0 Å². The summed E-state index contributed by atoms with van der Waals surface area (Å²) in [7, 11) is 0. The Hall–Kier alpha value is -1.10. The number of hydrogen-bond donors (Lipinski definition) is 2. The molecular formula is C10H20N2O3. The minimum atomic E-state index is -0.831. The van der Waals surface area contributed by atoms with Crippen LogP contribution in [0.3, 0.4) is 0 Å². The zero-order valence-electron chi connectivity index (χ0n) is 9.45. The van der Waals surface area contributed by atoms with E-state index in [1.165, 1.54) is 0 Å². The number of nitrogens with zero attached hydrogens (tertiary/aromatic N) is 1. The highest BCUT2D eigenvalue weighted by Gasteiger charge is 2.09. The summed E-state index contributed by atoms with van der Waals surface area (Å²) in [5.74, 6) is -0.869. The van der Waals surface area contributed by atoms with Crippen LogP contribution in [0.4, 0.5) is 0 Å². The van der Waals surface area contributed by atoms with Crippen molar-refractivity contribution in [2.45, 2.75) is 26.7 Å². The van der Waals surface area contributed by atoms with Gasteiger partial charge in [0, 0.05) is 13.1 Å². The second-order valence-electron chi connectivity index (χ2n) is 3.36. The molecular weight excluding hydrogens is 196 g/mol. The fraction of sp³-hybridized carbons (Fsp3) is 0.800. The summed E-state index contributed by atoms with van der Waals surface area (Å²) >= 11 is 0. The summed E-state index contributed by atoms with van der Waals surface area (Å²) in [6.07, 6.45) is 0.988. The highest BCUT2D eigenvalue weighted by molar-refractivity contribution is 5.78. The van der Waals surface area contributed by atoms with Gasteiger partial charge in [-0.05, 0) is 13.0 Å². The van der Waals surface area contributed by atoms with Gasteiger partial charge in [0.25, 0.3) is 0 Å². The van der Waals surface area contributed by atoms with Gasteiger partial charge < -0.3 is 10.4 Å². The highest BCUT2D eigenvalue weighted by Crippen LogP contribution is 1.91. The van der Waals surface area contributed by atoms with Gasteiger partial charge in [-0.15, -0.1) is 0 Å². The first-order valence-corrected chi connectivity index (χ1v) is 5.31. The predicted molar refractivity (Wildman–Crippen MR) is 57.7 cm³/mol. The Labute approximate surface area is 90.5 Å². The number of carboxylic acids is 1. The molecule has 1 amide bonds. The quantitative estimate of drug-likeness (QED) is 0.612. The van der Waals surface area contributed by atoms with E-state index in [9.17, 15) is 9.59 Å². The molecule has 0 unspecified atom stereocenters. The van der Waals surface area contributed by atoms with E-state index in [4.69, 9.17) is 5.11 Å². The van der Waals surface area contributed by atoms with Crippen molar-refractivity contribution in [2.24, 2.45) is 0 Å². The fourth-order valence-electron chi connectivity index (χ4n) is 1.13. The maximum absolute atomic E-state index is 11.3. The molecule has 0 radical (unpaired) electrons. The van der Waals surface area contributed by atoms with Gasteiger partial charge in [0.2, 0.25) is 5.91 Å². The lowest BCUT2D eigenvalue weighted by Crippen LogP contribution is -2.38. The molecule has 0 aliphatic rings. The summed E-state index contributed by atoms with van der Waals surface area (Å²) in [6.45, 7) is 5.97. The summed E-state index contributed by atoms with van der Waals surface area (Å²) in [5, 5.41) is 11.3. The molecule has 0 heterocycles. The third kappa shape index (κ3) is 7.93. The summed E-state index contributed by atoms with van der Waals surface area (Å²) in [5.41, 5.74) is 0. The Kier molecular flexibility index (Phi) is 7.62. The Bertz CT molecular complexity index is 207. The normalized spacial score (nSPS) is 10.3. The molecule has 15 heavy (non-hydrogen) atoms. The molecule has 0 atom stereocenters. The van der Waals surface area contributed by atoms with E-state index < -0.39 is 5.97 Å². The zero-order chi connectivity index (χ0) is 11.7. The van der Waals surface area contributed by atoms with Crippen LogP contribution in [0, 0.1) is 0 Å². The lowest BCUT2D eigenvalue weighted by molar-refractivity contribution is -0.137. The largest absolute Gasteiger partial charge is 0.481 e. The number of carboxylic acid groups (broad SMARTS) is 1. The topological polar surface area (TPSA) is 69.6 Å². The predicted octanol–water partition coefficient (Wildman–Crippen LogP) is 0.309. The van der Waals surface area contributed by atoms with Gasteiger partial charge in [-0.1, -0.05) is 13.8 Å². The molecule has 0 aliphatic carbocycles. The molecule has 88 valence electrons. The van der Waals surface area contributed by atoms with Crippen LogP contribution >= 0.6 is 0 Å². The number of aliphatic carboxylic acids is 1. The van der Waals surface area contributed by atoms with E-state index in [1.807, 2.05) is 18.7 Å². The van der Waals surface area contributed by atoms with Crippen LogP contribution in [-0.2, 0) is 9.59 Å². The van der Waals surface area contributed by atoms with Crippen molar-refractivity contribution in [3.63, 3.8) is 0 Å². The van der Waals surface area contributed by atoms with Crippen LogP contribution in [-0.4, -0.2) is 48.1 Å². The number of rotatable bonds is 8. The number of carbonyl (C=O) groups excluding carboxylic acids is 1. The van der Waals surface area contributed by atoms with E-state index in [0.717, 1.165) is 6.42 Å². The first-order chi connectivity index (χ1) is 7.10. The second kappa shape index (κ2) is 8.23. The van der Waals surface area contributed by atoms with E-state index in [-0.39, 0.29) is 18.9 Å². The minimum Gasteiger partial charge on any atom is -0.481 e. The maximum Gasteiger partial charge on any atom is 0.304 e. The van der Waals surface area contributed by atoms with Crippen molar-refractivity contribution in [1.29, 1.82) is 0 Å². The van der Waals surface area contributed by atoms with Crippen LogP contribution in [0.1, 0.15) is 26.7 Å². The summed E-state index contributed by atoms with van der Waals surface area (Å²) < 4.78 is 0. The molecule has 0 aromatic heterocycles. The maximum atomic E-state index is 11.3. The van der Waals surface area contributed by atoms with Crippen LogP contribution < -0.4 is 5.32 Å². The average molecular weight is 216 g/mol. The minimum absolute atomic E-state index is 0.0379. The van der Waals surface area contributed by atoms with Gasteiger partial charge in [0.1, 0.15) is 0 Å². The molecule has 0 spiro atoms. The third-order valence-corrected chi connectivity index (χ3v) is 2.03. The molecule has 5 nitrogen and oxygen atoms in total. The number of hydrogen-bond acceptors (Lipinski definition) is 3. The van der Waals surface area contributed by atoms with Crippen molar-refractivity contribution in [1.82, 2.24) is 10.2 Å². The first kappa shape index (κ1) is 13.9. The fourth-order valence-corrected chi connectivity index (χ4v) is 1.13. The van der Waals surface area contributed by atoms with Gasteiger partial charge in [0.05, 0.1) is 13.0 Å². The van der Waals surface area contributed by atoms with E-state index >= 15 is 0 Å². The van der Waals surface area contributed by atoms with E-state index in [0.29, 0.717) is 19.6 Å². The molecule has 0 aromatic rings. The van der Waals surface area contributed by atoms with Crippen molar-refractivity contribution in [2.75, 3.05) is 26.2 Å². The van der Waals surface area contributed by atoms with Gasteiger partial charge in [-0.3, -0.25) is 14.5 Å². The van der Waals surface area contributed by atoms with Crippen molar-refractivity contribution < 1.29 is 14.7 Å². The Morgan fingerprint density at radius 3 is 2.47 bits per heavy atom. The van der Waals surface area contributed by atoms with Crippen LogP contribution in [0.25, 0.3) is 0 Å². The molecule has 0 bridgehead atoms. The molecule has 0 aromatic carbocycles. The molecule has 5 heteroatoms. The van der Waals surface area contributed by atoms with Crippen molar-refractivity contribution in [3.05, 3.63) is 0 Å². The van der Waals surface area contributed by atoms with Crippen LogP contribution in [0.2, 0.25) is 0 Å². The Morgan fingerprint density at radius 1 is 1.33 bits per heavy atom. The highest BCUT2D eigenvalue weighted by atomic mass is 16.4. The standard InChI is InChI=1S/C10H20N2O3/c1-3-6-11-9(13)8-12(4-2)7-5-10(14)15/h3-8H2,1-2H3,(H,11,13)(H,14,15). The number of nitrogens with one attached hydrogen (secondary N) is 1. The first-order valence-electron chi connectivity index (χ1n) is 5.31. The molecule has 0 fully saturated rings. The SMILES string of the molecule is CCCNC(=O)CN(CC)CCC(=O)O. The van der Waals surface area contributed by atoms with Gasteiger partial charge in [-0.2, -0.15) is 0 Å². The Morgan fingerprint density at radius 2 is 2.00 bits per heavy atom. The molecule has 0 rings (SSSR count). The monoisotopic (exact) mass is 216 g/mol. The Balaban J connectivity index is 3.77. The number of likely N-dealkylation sites (N-methyl/N-ethyl adjacent to an activating group) is 1. The van der Waals surface area contributed by atoms with Gasteiger partial charge in [0.15, 0.2) is 0 Å². The zero-order valence-corrected chi connectivity index (χ0v) is 9.45. The summed E-state index contributed by atoms with van der Waals surface area (Å²) in [4.78, 5) is 23.5. The van der Waals surface area contributed by atoms with Crippen molar-refractivity contribution >= 4 is 11.9 Å². The summed E-state index contributed by atoms with van der Waals surface area (Å²) in [6, 6.07) is 0. The average Bonchev–Trinajstić information content (AvgIpc) is 2.20. The molecule has 0 aliphatic heterocycles. The second-order valence-corrected chi connectivity index (χ2v) is 3.36. The number of carbonyl (C=O) groups is 2. The molecule has 2 N–H and O–H groups in total. The van der Waals surface area contributed by atoms with Crippen molar-refractivity contribution in [3.8, 4) is 0 Å². The van der Waals surface area contributed by atoms with Gasteiger partial charge in [-0.25, -0.2) is 0 Å². The lowest BCUT2D eigenvalue weighted by atomic mass is 10.3. The van der Waals surface area contributed by atoms with Crippen LogP contribution in [0.5, 0.6) is 0 Å². The smallest absolute Gasteiger partial charge is 0.304 e. The molecule has 0 saturated carbocycles. The van der Waals surface area contributed by atoms with E-state index in [2.05, 4.69) is 5.32 Å².